The van der Waals surface area contributed by atoms with Crippen LogP contribution >= 0.6 is 0 Å². The van der Waals surface area contributed by atoms with Gasteiger partial charge in [-0.15, -0.1) is 0 Å². The van der Waals surface area contributed by atoms with Gasteiger partial charge in [0.1, 0.15) is 11.9 Å². The molecule has 0 bridgehead atoms. The van der Waals surface area contributed by atoms with Gasteiger partial charge in [-0.1, -0.05) is 11.2 Å². The van der Waals surface area contributed by atoms with Crippen molar-refractivity contribution in [1.29, 1.82) is 0 Å². The van der Waals surface area contributed by atoms with Crippen molar-refractivity contribution in [3.8, 4) is 0 Å². The van der Waals surface area contributed by atoms with E-state index in [1.807, 2.05) is 0 Å². The van der Waals surface area contributed by atoms with Crippen LogP contribution in [0.3, 0.4) is 0 Å². The van der Waals surface area contributed by atoms with Crippen molar-refractivity contribution >= 4 is 10.9 Å². The fourth-order valence-corrected chi connectivity index (χ4v) is 3.01. The van der Waals surface area contributed by atoms with Crippen LogP contribution in [-0.4, -0.2) is 39.7 Å². The zero-order chi connectivity index (χ0) is 16.5. The van der Waals surface area contributed by atoms with Gasteiger partial charge in [0.25, 0.3) is 0 Å². The molecule has 1 saturated heterocycles. The van der Waals surface area contributed by atoms with Crippen LogP contribution in [0.15, 0.2) is 35.0 Å². The van der Waals surface area contributed by atoms with Crippen LogP contribution in [0.4, 0.5) is 4.39 Å². The molecular formula is C17H17FN4O2. The van der Waals surface area contributed by atoms with Crippen molar-refractivity contribution < 1.29 is 13.7 Å². The van der Waals surface area contributed by atoms with Gasteiger partial charge in [0.05, 0.1) is 12.1 Å². The van der Waals surface area contributed by atoms with E-state index in [0.717, 1.165) is 12.1 Å². The van der Waals surface area contributed by atoms with E-state index < -0.39 is 0 Å². The molecule has 0 amide bonds. The average Bonchev–Trinajstić information content (AvgIpc) is 3.05. The molecule has 0 N–H and O–H groups in total. The minimum Gasteiger partial charge on any atom is -0.367 e. The SMILES string of the molecule is Cc1nc([C@@H]2CN(Cc3ccc(F)c4cccnc34)CCO2)no1. The normalized spacial score (nSPS) is 19.0. The number of pyridine rings is 1. The van der Waals surface area contributed by atoms with E-state index >= 15 is 0 Å². The first-order chi connectivity index (χ1) is 11.7. The van der Waals surface area contributed by atoms with Crippen molar-refractivity contribution in [2.75, 3.05) is 19.7 Å². The topological polar surface area (TPSA) is 64.3 Å². The Morgan fingerprint density at radius 1 is 1.33 bits per heavy atom. The minimum atomic E-state index is -0.246. The van der Waals surface area contributed by atoms with Crippen molar-refractivity contribution in [1.82, 2.24) is 20.0 Å². The van der Waals surface area contributed by atoms with Crippen molar-refractivity contribution in [3.63, 3.8) is 0 Å². The van der Waals surface area contributed by atoms with Crippen molar-refractivity contribution in [3.05, 3.63) is 53.6 Å². The molecule has 0 unspecified atom stereocenters. The summed E-state index contributed by atoms with van der Waals surface area (Å²) in [5.74, 6) is 0.850. The molecule has 1 aliphatic rings. The van der Waals surface area contributed by atoms with Crippen LogP contribution in [0.25, 0.3) is 10.9 Å². The van der Waals surface area contributed by atoms with Gasteiger partial charge in [0, 0.05) is 38.1 Å². The number of nitrogens with zero attached hydrogens (tertiary/aromatic N) is 4. The number of rotatable bonds is 3. The Labute approximate surface area is 138 Å². The fourth-order valence-electron chi connectivity index (χ4n) is 3.01. The third-order valence-electron chi connectivity index (χ3n) is 4.18. The Kier molecular flexibility index (Phi) is 3.95. The Morgan fingerprint density at radius 3 is 3.08 bits per heavy atom. The van der Waals surface area contributed by atoms with Gasteiger partial charge in [-0.2, -0.15) is 4.98 Å². The van der Waals surface area contributed by atoms with E-state index in [4.69, 9.17) is 9.26 Å². The Hall–Kier alpha value is -2.38. The van der Waals surface area contributed by atoms with Crippen molar-refractivity contribution in [2.45, 2.75) is 19.6 Å². The lowest BCUT2D eigenvalue weighted by atomic mass is 10.1. The van der Waals surface area contributed by atoms with Gasteiger partial charge < -0.3 is 9.26 Å². The highest BCUT2D eigenvalue weighted by molar-refractivity contribution is 5.82. The molecule has 2 aromatic heterocycles. The Balaban J connectivity index is 1.56. The summed E-state index contributed by atoms with van der Waals surface area (Å²) in [7, 11) is 0. The monoisotopic (exact) mass is 328 g/mol. The highest BCUT2D eigenvalue weighted by Gasteiger charge is 2.26. The number of hydrogen-bond acceptors (Lipinski definition) is 6. The predicted molar refractivity (Wildman–Crippen MR) is 84.7 cm³/mol. The minimum absolute atomic E-state index is 0.212. The van der Waals surface area contributed by atoms with Gasteiger partial charge in [-0.3, -0.25) is 9.88 Å². The highest BCUT2D eigenvalue weighted by Crippen LogP contribution is 2.24. The number of fused-ring (bicyclic) bond motifs is 1. The van der Waals surface area contributed by atoms with Gasteiger partial charge in [0.15, 0.2) is 0 Å². The zero-order valence-electron chi connectivity index (χ0n) is 13.3. The molecule has 0 saturated carbocycles. The van der Waals surface area contributed by atoms with E-state index in [-0.39, 0.29) is 11.9 Å². The van der Waals surface area contributed by atoms with Crippen LogP contribution in [0.2, 0.25) is 0 Å². The molecule has 24 heavy (non-hydrogen) atoms. The number of hydrogen-bond donors (Lipinski definition) is 0. The third kappa shape index (κ3) is 2.88. The lowest BCUT2D eigenvalue weighted by Gasteiger charge is -2.31. The molecule has 0 spiro atoms. The van der Waals surface area contributed by atoms with Crippen LogP contribution < -0.4 is 0 Å². The molecule has 0 radical (unpaired) electrons. The third-order valence-corrected chi connectivity index (χ3v) is 4.18. The average molecular weight is 328 g/mol. The summed E-state index contributed by atoms with van der Waals surface area (Å²) in [6.07, 6.45) is 1.48. The molecule has 1 aliphatic heterocycles. The summed E-state index contributed by atoms with van der Waals surface area (Å²) >= 11 is 0. The molecule has 3 heterocycles. The van der Waals surface area contributed by atoms with E-state index in [9.17, 15) is 4.39 Å². The Bertz CT molecular complexity index is 867. The zero-order valence-corrected chi connectivity index (χ0v) is 13.3. The fraction of sp³-hybridized carbons (Fsp3) is 0.353. The quantitative estimate of drug-likeness (QED) is 0.736. The Morgan fingerprint density at radius 2 is 2.25 bits per heavy atom. The maximum atomic E-state index is 13.9. The highest BCUT2D eigenvalue weighted by atomic mass is 19.1. The maximum absolute atomic E-state index is 13.9. The number of ether oxygens (including phenoxy) is 1. The molecule has 4 rings (SSSR count). The molecule has 3 aromatic rings. The van der Waals surface area contributed by atoms with Crippen LogP contribution in [0, 0.1) is 12.7 Å². The van der Waals surface area contributed by atoms with Gasteiger partial charge in [-0.05, 0) is 23.8 Å². The number of aryl methyl sites for hydroxylation is 1. The molecule has 1 atom stereocenters. The van der Waals surface area contributed by atoms with Gasteiger partial charge >= 0.3 is 0 Å². The molecule has 0 aliphatic carbocycles. The molecular weight excluding hydrogens is 311 g/mol. The van der Waals surface area contributed by atoms with E-state index in [1.54, 1.807) is 31.3 Å². The number of morpholine rings is 1. The summed E-state index contributed by atoms with van der Waals surface area (Å²) in [6, 6.07) is 6.80. The van der Waals surface area contributed by atoms with E-state index in [0.29, 0.717) is 42.3 Å². The van der Waals surface area contributed by atoms with Crippen LogP contribution in [0.1, 0.15) is 23.4 Å². The second-order valence-electron chi connectivity index (χ2n) is 5.87. The smallest absolute Gasteiger partial charge is 0.223 e. The largest absolute Gasteiger partial charge is 0.367 e. The summed E-state index contributed by atoms with van der Waals surface area (Å²) < 4.78 is 24.7. The van der Waals surface area contributed by atoms with E-state index in [2.05, 4.69) is 20.0 Å². The van der Waals surface area contributed by atoms with Crippen molar-refractivity contribution in [2.24, 2.45) is 0 Å². The van der Waals surface area contributed by atoms with Crippen LogP contribution in [0.5, 0.6) is 0 Å². The number of halogens is 1. The molecule has 7 heteroatoms. The summed E-state index contributed by atoms with van der Waals surface area (Å²) in [5, 5.41) is 4.49. The number of benzene rings is 1. The lowest BCUT2D eigenvalue weighted by molar-refractivity contribution is -0.0379. The first-order valence-corrected chi connectivity index (χ1v) is 7.87. The molecule has 6 nitrogen and oxygen atoms in total. The van der Waals surface area contributed by atoms with Gasteiger partial charge in [-0.25, -0.2) is 4.39 Å². The van der Waals surface area contributed by atoms with Gasteiger partial charge in [0.2, 0.25) is 11.7 Å². The first kappa shape index (κ1) is 15.2. The maximum Gasteiger partial charge on any atom is 0.223 e. The predicted octanol–water partition coefficient (Wildman–Crippen LogP) is 2.64. The molecule has 124 valence electrons. The van der Waals surface area contributed by atoms with Crippen LogP contribution in [-0.2, 0) is 11.3 Å². The second-order valence-corrected chi connectivity index (χ2v) is 5.87. The lowest BCUT2D eigenvalue weighted by Crippen LogP contribution is -2.38. The first-order valence-electron chi connectivity index (χ1n) is 7.87. The summed E-state index contributed by atoms with van der Waals surface area (Å²) in [4.78, 5) is 10.8. The molecule has 1 fully saturated rings. The second kappa shape index (κ2) is 6.26. The standard InChI is InChI=1S/C17H17FN4O2/c1-11-20-17(21-24-11)15-10-22(7-8-23-15)9-12-4-5-14(18)13-3-2-6-19-16(12)13/h2-6,15H,7-10H2,1H3/t15-/m0/s1. The number of aromatic nitrogens is 3. The summed E-state index contributed by atoms with van der Waals surface area (Å²) in [6.45, 7) is 4.46. The molecule has 1 aromatic carbocycles. The summed E-state index contributed by atoms with van der Waals surface area (Å²) in [5.41, 5.74) is 1.70. The van der Waals surface area contributed by atoms with E-state index in [1.165, 1.54) is 6.07 Å².